The number of hydrazine groups is 1. The molecule has 0 saturated carbocycles. The van der Waals surface area contributed by atoms with Gasteiger partial charge < -0.3 is 15.4 Å². The molecule has 0 spiro atoms. The van der Waals surface area contributed by atoms with E-state index >= 15 is 0 Å². The third kappa shape index (κ3) is 4.80. The van der Waals surface area contributed by atoms with E-state index in [1.165, 1.54) is 24.4 Å². The summed E-state index contributed by atoms with van der Waals surface area (Å²) >= 11 is 0. The number of hydrogen-bond acceptors (Lipinski definition) is 6. The molecule has 2 amide bonds. The van der Waals surface area contributed by atoms with Crippen LogP contribution in [0.1, 0.15) is 0 Å². The number of anilines is 2. The molecule has 0 unspecified atom stereocenters. The van der Waals surface area contributed by atoms with Gasteiger partial charge in [0.1, 0.15) is 11.6 Å². The quantitative estimate of drug-likeness (QED) is 0.721. The minimum Gasteiger partial charge on any atom is -0.454 e. The SMILES string of the molecule is CN1CCN(NC(=O)Nc2cc(Oc3ccc(N)cc3F)ccn2)CC1. The van der Waals surface area contributed by atoms with Crippen LogP contribution in [0, 0.1) is 5.82 Å². The molecular weight excluding hydrogens is 339 g/mol. The van der Waals surface area contributed by atoms with E-state index in [0.717, 1.165) is 26.2 Å². The number of aromatic nitrogens is 1. The number of amides is 2. The first kappa shape index (κ1) is 17.9. The lowest BCUT2D eigenvalue weighted by molar-refractivity contribution is 0.116. The van der Waals surface area contributed by atoms with Gasteiger partial charge in [0, 0.05) is 50.2 Å². The standard InChI is InChI=1S/C17H21FN6O2/c1-23-6-8-24(9-7-23)22-17(25)21-16-11-13(4-5-20-16)26-15-3-2-12(19)10-14(15)18/h2-5,10-11H,6-9,19H2,1H3,(H2,20,21,22,25). The molecule has 1 aromatic carbocycles. The third-order valence-corrected chi connectivity index (χ3v) is 3.92. The lowest BCUT2D eigenvalue weighted by atomic mass is 10.3. The topological polar surface area (TPSA) is 95.8 Å². The van der Waals surface area contributed by atoms with Crippen LogP contribution in [0.5, 0.6) is 11.5 Å². The summed E-state index contributed by atoms with van der Waals surface area (Å²) in [5.41, 5.74) is 8.60. The highest BCUT2D eigenvalue weighted by Crippen LogP contribution is 2.26. The predicted molar refractivity (Wildman–Crippen MR) is 96.3 cm³/mol. The van der Waals surface area contributed by atoms with Crippen LogP contribution in [0.4, 0.5) is 20.7 Å². The second-order valence-electron chi connectivity index (χ2n) is 6.02. The highest BCUT2D eigenvalue weighted by Gasteiger charge is 2.16. The van der Waals surface area contributed by atoms with Gasteiger partial charge >= 0.3 is 6.03 Å². The number of hydrogen-bond donors (Lipinski definition) is 3. The fourth-order valence-electron chi connectivity index (χ4n) is 2.48. The molecule has 9 heteroatoms. The Kier molecular flexibility index (Phi) is 5.49. The van der Waals surface area contributed by atoms with Crippen molar-refractivity contribution in [2.45, 2.75) is 0 Å². The zero-order valence-corrected chi connectivity index (χ0v) is 14.4. The molecular formula is C17H21FN6O2. The molecule has 4 N–H and O–H groups in total. The molecule has 8 nitrogen and oxygen atoms in total. The maximum Gasteiger partial charge on any atom is 0.334 e. The number of rotatable bonds is 4. The van der Waals surface area contributed by atoms with Crippen molar-refractivity contribution in [2.75, 3.05) is 44.3 Å². The number of halogens is 1. The molecule has 2 heterocycles. The fraction of sp³-hybridized carbons (Fsp3) is 0.294. The summed E-state index contributed by atoms with van der Waals surface area (Å²) in [6, 6.07) is 6.86. The summed E-state index contributed by atoms with van der Waals surface area (Å²) in [4.78, 5) is 18.4. The molecule has 1 saturated heterocycles. The summed E-state index contributed by atoms with van der Waals surface area (Å²) in [5, 5.41) is 4.49. The van der Waals surface area contributed by atoms with Gasteiger partial charge in [-0.15, -0.1) is 0 Å². The summed E-state index contributed by atoms with van der Waals surface area (Å²) in [6.07, 6.45) is 1.47. The summed E-state index contributed by atoms with van der Waals surface area (Å²) in [6.45, 7) is 3.26. The van der Waals surface area contributed by atoms with Crippen molar-refractivity contribution in [3.63, 3.8) is 0 Å². The van der Waals surface area contributed by atoms with Crippen molar-refractivity contribution in [3.8, 4) is 11.5 Å². The Balaban J connectivity index is 1.59. The third-order valence-electron chi connectivity index (χ3n) is 3.92. The van der Waals surface area contributed by atoms with Crippen molar-refractivity contribution in [2.24, 2.45) is 0 Å². The summed E-state index contributed by atoms with van der Waals surface area (Å²) in [7, 11) is 2.04. The Morgan fingerprint density at radius 2 is 2.00 bits per heavy atom. The Labute approximate surface area is 150 Å². The average Bonchev–Trinajstić information content (AvgIpc) is 2.60. The molecule has 2 aromatic rings. The van der Waals surface area contributed by atoms with Crippen LogP contribution in [0.2, 0.25) is 0 Å². The Morgan fingerprint density at radius 1 is 1.23 bits per heavy atom. The second kappa shape index (κ2) is 7.98. The van der Waals surface area contributed by atoms with E-state index in [0.29, 0.717) is 17.3 Å². The largest absolute Gasteiger partial charge is 0.454 e. The number of nitrogen functional groups attached to an aromatic ring is 1. The number of nitrogens with one attached hydrogen (secondary N) is 2. The average molecular weight is 360 g/mol. The van der Waals surface area contributed by atoms with Gasteiger partial charge in [0.2, 0.25) is 0 Å². The molecule has 26 heavy (non-hydrogen) atoms. The molecule has 1 fully saturated rings. The van der Waals surface area contributed by atoms with Gasteiger partial charge in [-0.2, -0.15) is 0 Å². The number of nitrogens with two attached hydrogens (primary N) is 1. The number of benzene rings is 1. The Bertz CT molecular complexity index is 780. The van der Waals surface area contributed by atoms with E-state index in [-0.39, 0.29) is 5.75 Å². The van der Waals surface area contributed by atoms with Gasteiger partial charge in [-0.3, -0.25) is 10.7 Å². The number of nitrogens with zero attached hydrogens (tertiary/aromatic N) is 3. The molecule has 0 atom stereocenters. The fourth-order valence-corrected chi connectivity index (χ4v) is 2.48. The summed E-state index contributed by atoms with van der Waals surface area (Å²) in [5.74, 6) is 0.117. The zero-order valence-electron chi connectivity index (χ0n) is 14.4. The minimum atomic E-state index is -0.566. The van der Waals surface area contributed by atoms with Gasteiger partial charge in [0.15, 0.2) is 11.6 Å². The molecule has 0 radical (unpaired) electrons. The predicted octanol–water partition coefficient (Wildman–Crippen LogP) is 1.88. The van der Waals surface area contributed by atoms with Crippen molar-refractivity contribution in [1.29, 1.82) is 0 Å². The monoisotopic (exact) mass is 360 g/mol. The van der Waals surface area contributed by atoms with Crippen LogP contribution in [-0.2, 0) is 0 Å². The molecule has 0 bridgehead atoms. The summed E-state index contributed by atoms with van der Waals surface area (Å²) < 4.78 is 19.3. The van der Waals surface area contributed by atoms with Crippen LogP contribution in [0.15, 0.2) is 36.5 Å². The van der Waals surface area contributed by atoms with Gasteiger partial charge in [-0.05, 0) is 25.2 Å². The van der Waals surface area contributed by atoms with Gasteiger partial charge in [0.25, 0.3) is 0 Å². The van der Waals surface area contributed by atoms with E-state index in [9.17, 15) is 9.18 Å². The number of likely N-dealkylation sites (N-methyl/N-ethyl adjacent to an activating group) is 1. The van der Waals surface area contributed by atoms with Crippen LogP contribution in [0.3, 0.4) is 0 Å². The highest BCUT2D eigenvalue weighted by atomic mass is 19.1. The molecule has 0 aliphatic carbocycles. The number of carbonyl (C=O) groups excluding carboxylic acids is 1. The van der Waals surface area contributed by atoms with Crippen molar-refractivity contribution in [1.82, 2.24) is 20.3 Å². The van der Waals surface area contributed by atoms with Crippen LogP contribution < -0.4 is 21.2 Å². The number of pyridine rings is 1. The lowest BCUT2D eigenvalue weighted by Crippen LogP contribution is -2.53. The van der Waals surface area contributed by atoms with Gasteiger partial charge in [0.05, 0.1) is 0 Å². The Morgan fingerprint density at radius 3 is 2.73 bits per heavy atom. The highest BCUT2D eigenvalue weighted by molar-refractivity contribution is 5.88. The van der Waals surface area contributed by atoms with E-state index < -0.39 is 11.8 Å². The molecule has 1 aliphatic rings. The van der Waals surface area contributed by atoms with E-state index in [2.05, 4.69) is 20.6 Å². The van der Waals surface area contributed by atoms with Crippen molar-refractivity contribution >= 4 is 17.5 Å². The van der Waals surface area contributed by atoms with E-state index in [4.69, 9.17) is 10.5 Å². The molecule has 1 aliphatic heterocycles. The van der Waals surface area contributed by atoms with Crippen LogP contribution in [-0.4, -0.2) is 54.2 Å². The van der Waals surface area contributed by atoms with Crippen molar-refractivity contribution < 1.29 is 13.9 Å². The number of ether oxygens (including phenoxy) is 1. The Hall–Kier alpha value is -2.91. The normalized spacial score (nSPS) is 15.5. The van der Waals surface area contributed by atoms with Crippen LogP contribution >= 0.6 is 0 Å². The maximum atomic E-state index is 13.8. The second-order valence-corrected chi connectivity index (χ2v) is 6.02. The first-order chi connectivity index (χ1) is 12.5. The smallest absolute Gasteiger partial charge is 0.334 e. The van der Waals surface area contributed by atoms with E-state index in [1.807, 2.05) is 12.1 Å². The van der Waals surface area contributed by atoms with Crippen molar-refractivity contribution in [3.05, 3.63) is 42.3 Å². The molecule has 3 rings (SSSR count). The number of piperazine rings is 1. The molecule has 138 valence electrons. The first-order valence-electron chi connectivity index (χ1n) is 8.19. The lowest BCUT2D eigenvalue weighted by Gasteiger charge is -2.32. The maximum absolute atomic E-state index is 13.8. The van der Waals surface area contributed by atoms with Crippen LogP contribution in [0.25, 0.3) is 0 Å². The number of urea groups is 1. The van der Waals surface area contributed by atoms with E-state index in [1.54, 1.807) is 12.1 Å². The van der Waals surface area contributed by atoms with Gasteiger partial charge in [-0.1, -0.05) is 0 Å². The van der Waals surface area contributed by atoms with Gasteiger partial charge in [-0.25, -0.2) is 19.2 Å². The number of carbonyl (C=O) groups is 1. The molecule has 1 aromatic heterocycles. The first-order valence-corrected chi connectivity index (χ1v) is 8.19. The zero-order chi connectivity index (χ0) is 18.5. The minimum absolute atomic E-state index is 0.0400.